The van der Waals surface area contributed by atoms with E-state index in [1.807, 2.05) is 23.7 Å². The van der Waals surface area contributed by atoms with Crippen molar-refractivity contribution < 1.29 is 4.79 Å². The number of Topliss-reactive ketones (excluding diaryl/α,β-unsaturated/α-hetero) is 1. The fourth-order valence-corrected chi connectivity index (χ4v) is 2.98. The van der Waals surface area contributed by atoms with E-state index in [9.17, 15) is 4.79 Å². The van der Waals surface area contributed by atoms with E-state index in [4.69, 9.17) is 0 Å². The standard InChI is InChI=1S/C14H14N2OS/c1-10(17)11-2-3-13-12(8-11)4-6-16(13)9-14-15-5-7-18-14/h2-3,5,7-8H,4,6,9H2,1H3. The van der Waals surface area contributed by atoms with Gasteiger partial charge in [0.2, 0.25) is 0 Å². The predicted molar refractivity (Wildman–Crippen MR) is 73.3 cm³/mol. The monoisotopic (exact) mass is 258 g/mol. The summed E-state index contributed by atoms with van der Waals surface area (Å²) in [6.07, 6.45) is 2.86. The van der Waals surface area contributed by atoms with Crippen LogP contribution in [-0.2, 0) is 13.0 Å². The van der Waals surface area contributed by atoms with Crippen LogP contribution in [0.3, 0.4) is 0 Å². The summed E-state index contributed by atoms with van der Waals surface area (Å²) >= 11 is 1.69. The molecule has 0 aliphatic carbocycles. The molecule has 1 aliphatic heterocycles. The molecule has 3 nitrogen and oxygen atoms in total. The van der Waals surface area contributed by atoms with Crippen molar-refractivity contribution in [2.24, 2.45) is 0 Å². The summed E-state index contributed by atoms with van der Waals surface area (Å²) in [5.41, 5.74) is 3.33. The van der Waals surface area contributed by atoms with Crippen LogP contribution in [0.5, 0.6) is 0 Å². The Labute approximate surface area is 110 Å². The van der Waals surface area contributed by atoms with Gasteiger partial charge in [-0.15, -0.1) is 11.3 Å². The number of benzene rings is 1. The molecule has 2 aromatic rings. The van der Waals surface area contributed by atoms with Gasteiger partial charge in [0.1, 0.15) is 5.01 Å². The first-order valence-electron chi connectivity index (χ1n) is 6.01. The largest absolute Gasteiger partial charge is 0.364 e. The quantitative estimate of drug-likeness (QED) is 0.794. The number of hydrogen-bond acceptors (Lipinski definition) is 4. The number of rotatable bonds is 3. The second-order valence-electron chi connectivity index (χ2n) is 4.50. The zero-order valence-corrected chi connectivity index (χ0v) is 11.0. The Kier molecular flexibility index (Phi) is 2.88. The van der Waals surface area contributed by atoms with Gasteiger partial charge < -0.3 is 4.90 Å². The first kappa shape index (κ1) is 11.4. The third kappa shape index (κ3) is 2.04. The molecule has 3 rings (SSSR count). The summed E-state index contributed by atoms with van der Waals surface area (Å²) in [5.74, 6) is 0.135. The highest BCUT2D eigenvalue weighted by molar-refractivity contribution is 7.09. The molecule has 0 bridgehead atoms. The molecule has 0 amide bonds. The van der Waals surface area contributed by atoms with Gasteiger partial charge in [0, 0.05) is 29.4 Å². The van der Waals surface area contributed by atoms with Crippen molar-refractivity contribution in [2.45, 2.75) is 19.9 Å². The lowest BCUT2D eigenvalue weighted by atomic mass is 10.1. The fraction of sp³-hybridized carbons (Fsp3) is 0.286. The lowest BCUT2D eigenvalue weighted by Gasteiger charge is -2.17. The van der Waals surface area contributed by atoms with Gasteiger partial charge in [-0.3, -0.25) is 4.79 Å². The summed E-state index contributed by atoms with van der Waals surface area (Å²) in [7, 11) is 0. The van der Waals surface area contributed by atoms with Gasteiger partial charge in [-0.1, -0.05) is 0 Å². The fourth-order valence-electron chi connectivity index (χ4n) is 2.35. The van der Waals surface area contributed by atoms with Crippen LogP contribution in [0, 0.1) is 0 Å². The van der Waals surface area contributed by atoms with E-state index in [-0.39, 0.29) is 5.78 Å². The maximum absolute atomic E-state index is 11.4. The Morgan fingerprint density at radius 2 is 2.39 bits per heavy atom. The van der Waals surface area contributed by atoms with Crippen LogP contribution in [0.25, 0.3) is 0 Å². The van der Waals surface area contributed by atoms with Crippen LogP contribution in [0.2, 0.25) is 0 Å². The highest BCUT2D eigenvalue weighted by atomic mass is 32.1. The third-order valence-electron chi connectivity index (χ3n) is 3.29. The second kappa shape index (κ2) is 4.53. The zero-order chi connectivity index (χ0) is 12.5. The minimum atomic E-state index is 0.135. The molecular weight excluding hydrogens is 244 g/mol. The Balaban J connectivity index is 1.86. The molecule has 0 radical (unpaired) electrons. The van der Waals surface area contributed by atoms with Gasteiger partial charge in [0.05, 0.1) is 6.54 Å². The molecule has 0 fully saturated rings. The van der Waals surface area contributed by atoms with Gasteiger partial charge >= 0.3 is 0 Å². The second-order valence-corrected chi connectivity index (χ2v) is 5.48. The van der Waals surface area contributed by atoms with Crippen LogP contribution in [0.1, 0.15) is 27.9 Å². The van der Waals surface area contributed by atoms with Crippen molar-refractivity contribution in [3.63, 3.8) is 0 Å². The topological polar surface area (TPSA) is 33.2 Å². The first-order chi connectivity index (χ1) is 8.74. The zero-order valence-electron chi connectivity index (χ0n) is 10.2. The van der Waals surface area contributed by atoms with Crippen molar-refractivity contribution in [1.82, 2.24) is 4.98 Å². The summed E-state index contributed by atoms with van der Waals surface area (Å²) in [4.78, 5) is 18.0. The van der Waals surface area contributed by atoms with Crippen LogP contribution in [0.15, 0.2) is 29.8 Å². The van der Waals surface area contributed by atoms with Gasteiger partial charge in [0.15, 0.2) is 5.78 Å². The van der Waals surface area contributed by atoms with E-state index in [0.29, 0.717) is 0 Å². The number of thiazole rings is 1. The van der Waals surface area contributed by atoms with Crippen LogP contribution in [0.4, 0.5) is 5.69 Å². The van der Waals surface area contributed by atoms with E-state index >= 15 is 0 Å². The maximum atomic E-state index is 11.4. The highest BCUT2D eigenvalue weighted by Crippen LogP contribution is 2.30. The normalized spacial score (nSPS) is 13.7. The van der Waals surface area contributed by atoms with E-state index in [0.717, 1.165) is 30.1 Å². The van der Waals surface area contributed by atoms with E-state index in [1.54, 1.807) is 18.3 Å². The molecular formula is C14H14N2OS. The number of carbonyl (C=O) groups is 1. The molecule has 92 valence electrons. The molecule has 0 saturated carbocycles. The third-order valence-corrected chi connectivity index (χ3v) is 4.05. The van der Waals surface area contributed by atoms with E-state index < -0.39 is 0 Å². The molecule has 0 atom stereocenters. The van der Waals surface area contributed by atoms with Gasteiger partial charge in [-0.25, -0.2) is 4.98 Å². The molecule has 1 aliphatic rings. The molecule has 2 heterocycles. The summed E-state index contributed by atoms with van der Waals surface area (Å²) in [5, 5.41) is 3.14. The van der Waals surface area contributed by atoms with Crippen LogP contribution < -0.4 is 4.90 Å². The Morgan fingerprint density at radius 3 is 3.11 bits per heavy atom. The number of hydrogen-bond donors (Lipinski definition) is 0. The van der Waals surface area contributed by atoms with Crippen LogP contribution in [-0.4, -0.2) is 17.3 Å². The van der Waals surface area contributed by atoms with E-state index in [1.165, 1.54) is 11.3 Å². The van der Waals surface area contributed by atoms with Crippen LogP contribution >= 0.6 is 11.3 Å². The highest BCUT2D eigenvalue weighted by Gasteiger charge is 2.20. The van der Waals surface area contributed by atoms with Crippen molar-refractivity contribution in [1.29, 1.82) is 0 Å². The number of aromatic nitrogens is 1. The Morgan fingerprint density at radius 1 is 1.50 bits per heavy atom. The smallest absolute Gasteiger partial charge is 0.159 e. The predicted octanol–water partition coefficient (Wildman–Crippen LogP) is 2.91. The molecule has 0 unspecified atom stereocenters. The Hall–Kier alpha value is -1.68. The molecule has 0 N–H and O–H groups in total. The van der Waals surface area contributed by atoms with Crippen molar-refractivity contribution in [3.8, 4) is 0 Å². The minimum Gasteiger partial charge on any atom is -0.364 e. The number of nitrogens with zero attached hydrogens (tertiary/aromatic N) is 2. The Bertz CT molecular complexity index is 577. The van der Waals surface area contributed by atoms with Crippen molar-refractivity contribution in [3.05, 3.63) is 45.9 Å². The average Bonchev–Trinajstić information content (AvgIpc) is 2.99. The molecule has 0 saturated heterocycles. The SMILES string of the molecule is CC(=O)c1ccc2c(c1)CCN2Cc1nccs1. The van der Waals surface area contributed by atoms with Crippen molar-refractivity contribution in [2.75, 3.05) is 11.4 Å². The lowest BCUT2D eigenvalue weighted by Crippen LogP contribution is -2.19. The molecule has 0 spiro atoms. The molecule has 4 heteroatoms. The summed E-state index contributed by atoms with van der Waals surface area (Å²) in [6.45, 7) is 3.49. The van der Waals surface area contributed by atoms with Gasteiger partial charge in [-0.2, -0.15) is 0 Å². The summed E-state index contributed by atoms with van der Waals surface area (Å²) in [6, 6.07) is 6.01. The lowest BCUT2D eigenvalue weighted by molar-refractivity contribution is 0.101. The number of fused-ring (bicyclic) bond motifs is 1. The maximum Gasteiger partial charge on any atom is 0.159 e. The molecule has 1 aromatic carbocycles. The number of carbonyl (C=O) groups excluding carboxylic acids is 1. The average molecular weight is 258 g/mol. The molecule has 1 aromatic heterocycles. The van der Waals surface area contributed by atoms with Crippen molar-refractivity contribution >= 4 is 22.8 Å². The van der Waals surface area contributed by atoms with E-state index in [2.05, 4.69) is 16.0 Å². The molecule has 18 heavy (non-hydrogen) atoms. The first-order valence-corrected chi connectivity index (χ1v) is 6.89. The van der Waals surface area contributed by atoms with Gasteiger partial charge in [0.25, 0.3) is 0 Å². The minimum absolute atomic E-state index is 0.135. The number of ketones is 1. The summed E-state index contributed by atoms with van der Waals surface area (Å²) < 4.78 is 0. The number of anilines is 1. The van der Waals surface area contributed by atoms with Gasteiger partial charge in [-0.05, 0) is 37.1 Å².